The van der Waals surface area contributed by atoms with Crippen molar-refractivity contribution in [1.29, 1.82) is 0 Å². The first-order valence-corrected chi connectivity index (χ1v) is 13.9. The molecule has 2 radical (unpaired) electrons. The van der Waals surface area contributed by atoms with Crippen LogP contribution in [-0.2, 0) is 0 Å². The zero-order valence-corrected chi connectivity index (χ0v) is 13.4. The molecule has 0 aliphatic carbocycles. The quantitative estimate of drug-likeness (QED) is 0.766. The van der Waals surface area contributed by atoms with Crippen LogP contribution in [0.4, 0.5) is 0 Å². The van der Waals surface area contributed by atoms with E-state index < -0.39 is 38.2 Å². The minimum absolute atomic E-state index is 0.435. The molecule has 0 unspecified atom stereocenters. The molecule has 0 aromatic rings. The van der Waals surface area contributed by atoms with Crippen molar-refractivity contribution in [2.45, 2.75) is 39.3 Å². The van der Waals surface area contributed by atoms with Gasteiger partial charge in [-0.3, -0.25) is 0 Å². The van der Waals surface area contributed by atoms with Gasteiger partial charge in [0.05, 0.1) is 0 Å². The van der Waals surface area contributed by atoms with Crippen molar-refractivity contribution in [2.75, 3.05) is 0 Å². The predicted molar refractivity (Wildman–Crippen MR) is 58.7 cm³/mol. The molecule has 0 aliphatic rings. The fourth-order valence-electron chi connectivity index (χ4n) is 0.406. The van der Waals surface area contributed by atoms with Gasteiger partial charge >= 0.3 is 83.8 Å². The van der Waals surface area contributed by atoms with E-state index in [9.17, 15) is 0 Å². The third kappa shape index (κ3) is 11.2. The Morgan fingerprint density at radius 1 is 0.727 bits per heavy atom. The molecule has 0 heterocycles. The van der Waals surface area contributed by atoms with Gasteiger partial charge in [0.2, 0.25) is 0 Å². The van der Waals surface area contributed by atoms with Crippen molar-refractivity contribution in [3.05, 3.63) is 0 Å². The first kappa shape index (κ1) is 12.2. The molecule has 0 atom stereocenters. The Hall–Kier alpha value is 1.15. The molecule has 0 spiro atoms. The van der Waals surface area contributed by atoms with E-state index in [1.807, 2.05) is 0 Å². The Labute approximate surface area is 83.6 Å². The van der Waals surface area contributed by atoms with Crippen molar-refractivity contribution in [2.24, 2.45) is 0 Å². The summed E-state index contributed by atoms with van der Waals surface area (Å²) < 4.78 is 7.42. The molecule has 0 saturated heterocycles. The Balaban J connectivity index is 3.44. The van der Waals surface area contributed by atoms with Crippen LogP contribution in [0.3, 0.4) is 0 Å². The average Bonchev–Trinajstić information content (AvgIpc) is 1.55. The average molecular weight is 295 g/mol. The SMILES string of the molecule is C[Si](C)(C)[NH][Sn][NH][Si](C)(C)C. The van der Waals surface area contributed by atoms with Crippen molar-refractivity contribution >= 4 is 38.2 Å². The van der Waals surface area contributed by atoms with Gasteiger partial charge in [-0.1, -0.05) is 0 Å². The van der Waals surface area contributed by atoms with E-state index in [2.05, 4.69) is 45.7 Å². The molecule has 0 saturated carbocycles. The summed E-state index contributed by atoms with van der Waals surface area (Å²) in [5.74, 6) is 0. The van der Waals surface area contributed by atoms with Crippen LogP contribution in [0, 0.1) is 0 Å². The van der Waals surface area contributed by atoms with E-state index in [0.29, 0.717) is 0 Å². The molecular formula is C6H20N2Si2Sn. The second kappa shape index (κ2) is 4.41. The fourth-order valence-corrected chi connectivity index (χ4v) is 9.43. The normalized spacial score (nSPS) is 13.6. The molecule has 66 valence electrons. The standard InChI is InChI=1S/2C3H10NSi.Sn/c2*1-5(2,3)4;/h2*4H,1-3H3;/q2*-1;+2. The molecule has 0 aromatic carbocycles. The van der Waals surface area contributed by atoms with E-state index in [4.69, 9.17) is 0 Å². The third-order valence-electron chi connectivity index (χ3n) is 0.875. The molecular weight excluding hydrogens is 275 g/mol. The molecule has 0 bridgehead atoms. The van der Waals surface area contributed by atoms with Crippen LogP contribution < -0.4 is 6.41 Å². The van der Waals surface area contributed by atoms with Gasteiger partial charge in [-0.2, -0.15) is 0 Å². The first-order valence-electron chi connectivity index (χ1n) is 4.00. The van der Waals surface area contributed by atoms with Crippen LogP contribution in [0.1, 0.15) is 0 Å². The van der Waals surface area contributed by atoms with Gasteiger partial charge in [-0.15, -0.1) is 0 Å². The van der Waals surface area contributed by atoms with Crippen LogP contribution in [0.25, 0.3) is 0 Å². The Morgan fingerprint density at radius 2 is 1.00 bits per heavy atom. The van der Waals surface area contributed by atoms with E-state index in [1.165, 1.54) is 0 Å². The second-order valence-corrected chi connectivity index (χ2v) is 19.4. The summed E-state index contributed by atoms with van der Waals surface area (Å²) in [6, 6.07) is 0. The van der Waals surface area contributed by atoms with Gasteiger partial charge in [-0.05, 0) is 0 Å². The van der Waals surface area contributed by atoms with Crippen LogP contribution in [0.5, 0.6) is 0 Å². The maximum absolute atomic E-state index is 3.71. The summed E-state index contributed by atoms with van der Waals surface area (Å²) in [6.45, 7) is 14.2. The van der Waals surface area contributed by atoms with E-state index in [0.717, 1.165) is 0 Å². The first-order chi connectivity index (χ1) is 4.71. The van der Waals surface area contributed by atoms with Gasteiger partial charge in [0.25, 0.3) is 0 Å². The molecule has 0 aliphatic heterocycles. The monoisotopic (exact) mass is 296 g/mol. The summed E-state index contributed by atoms with van der Waals surface area (Å²) in [6.07, 6.45) is 0. The Bertz CT molecular complexity index is 103. The van der Waals surface area contributed by atoms with Gasteiger partial charge in [0.15, 0.2) is 0 Å². The van der Waals surface area contributed by atoms with E-state index in [1.54, 1.807) is 0 Å². The fraction of sp³-hybridized carbons (Fsp3) is 1.00. The third-order valence-corrected chi connectivity index (χ3v) is 17.6. The molecule has 0 amide bonds. The van der Waals surface area contributed by atoms with Gasteiger partial charge in [-0.25, -0.2) is 0 Å². The van der Waals surface area contributed by atoms with Crippen LogP contribution in [0.2, 0.25) is 39.3 Å². The molecule has 0 fully saturated rings. The summed E-state index contributed by atoms with van der Waals surface area (Å²) in [5, 5.41) is 0. The van der Waals surface area contributed by atoms with Gasteiger partial charge < -0.3 is 0 Å². The van der Waals surface area contributed by atoms with Crippen molar-refractivity contribution in [3.63, 3.8) is 0 Å². The van der Waals surface area contributed by atoms with Crippen molar-refractivity contribution in [1.82, 2.24) is 6.41 Å². The summed E-state index contributed by atoms with van der Waals surface area (Å²) in [5.41, 5.74) is 0. The zero-order chi connectivity index (χ0) is 9.12. The van der Waals surface area contributed by atoms with Crippen LogP contribution in [-0.4, -0.2) is 38.2 Å². The summed E-state index contributed by atoms with van der Waals surface area (Å²) >= 11 is -0.435. The number of rotatable bonds is 4. The molecule has 11 heavy (non-hydrogen) atoms. The molecule has 2 N–H and O–H groups in total. The Kier molecular flexibility index (Phi) is 4.87. The molecule has 0 rings (SSSR count). The van der Waals surface area contributed by atoms with Crippen molar-refractivity contribution in [3.8, 4) is 0 Å². The van der Waals surface area contributed by atoms with E-state index in [-0.39, 0.29) is 0 Å². The summed E-state index contributed by atoms with van der Waals surface area (Å²) in [7, 11) is -1.94. The number of hydrogen-bond donors (Lipinski definition) is 2. The van der Waals surface area contributed by atoms with Gasteiger partial charge in [0, 0.05) is 0 Å². The molecule has 0 aromatic heterocycles. The van der Waals surface area contributed by atoms with E-state index >= 15 is 0 Å². The van der Waals surface area contributed by atoms with Crippen molar-refractivity contribution < 1.29 is 0 Å². The second-order valence-electron chi connectivity index (χ2n) is 4.88. The zero-order valence-electron chi connectivity index (χ0n) is 8.50. The van der Waals surface area contributed by atoms with Crippen LogP contribution >= 0.6 is 0 Å². The Morgan fingerprint density at radius 3 is 1.18 bits per heavy atom. The van der Waals surface area contributed by atoms with Gasteiger partial charge in [0.1, 0.15) is 0 Å². The topological polar surface area (TPSA) is 24.1 Å². The van der Waals surface area contributed by atoms with Crippen LogP contribution in [0.15, 0.2) is 0 Å². The molecule has 5 heteroatoms. The minimum atomic E-state index is -0.972. The number of hydrogen-bond acceptors (Lipinski definition) is 2. The predicted octanol–water partition coefficient (Wildman–Crippen LogP) is 1.37. The maximum atomic E-state index is 3.71. The molecule has 2 nitrogen and oxygen atoms in total. The number of nitrogens with one attached hydrogen (secondary N) is 2. The summed E-state index contributed by atoms with van der Waals surface area (Å²) in [4.78, 5) is 0.